The van der Waals surface area contributed by atoms with Gasteiger partial charge in [0.05, 0.1) is 26.5 Å². The second kappa shape index (κ2) is 9.02. The van der Waals surface area contributed by atoms with Crippen molar-refractivity contribution in [2.45, 2.75) is 31.5 Å². The smallest absolute Gasteiger partial charge is 0.451 e. The zero-order valence-corrected chi connectivity index (χ0v) is 20.1. The van der Waals surface area contributed by atoms with E-state index in [0.29, 0.717) is 12.1 Å². The number of carbonyl (C=O) groups is 1. The minimum atomic E-state index is -4.89. The highest BCUT2D eigenvalue weighted by atomic mass is 32.2. The number of fused-ring (bicyclic) bond motifs is 1. The largest absolute Gasteiger partial charge is 0.481 e. The van der Waals surface area contributed by atoms with E-state index in [1.807, 2.05) is 13.8 Å². The van der Waals surface area contributed by atoms with E-state index in [1.165, 1.54) is 36.3 Å². The van der Waals surface area contributed by atoms with Crippen LogP contribution in [0.25, 0.3) is 11.1 Å². The molecule has 36 heavy (non-hydrogen) atoms. The van der Waals surface area contributed by atoms with E-state index in [4.69, 9.17) is 14.6 Å². The van der Waals surface area contributed by atoms with Gasteiger partial charge in [-0.1, -0.05) is 13.8 Å². The molecule has 0 fully saturated rings. The van der Waals surface area contributed by atoms with Gasteiger partial charge in [0, 0.05) is 29.4 Å². The lowest BCUT2D eigenvalue weighted by molar-refractivity contribution is -0.144. The second-order valence-corrected chi connectivity index (χ2v) is 10.3. The van der Waals surface area contributed by atoms with Crippen molar-refractivity contribution in [2.75, 3.05) is 19.0 Å². The molecule has 0 aromatic carbocycles. The average Bonchev–Trinajstić information content (AvgIpc) is 3.21. The summed E-state index contributed by atoms with van der Waals surface area (Å²) in [5.74, 6) is -1.78. The van der Waals surface area contributed by atoms with Gasteiger partial charge in [0.2, 0.25) is 17.6 Å². The van der Waals surface area contributed by atoms with Gasteiger partial charge in [0.15, 0.2) is 9.92 Å². The average molecular weight is 527 g/mol. The van der Waals surface area contributed by atoms with E-state index in [0.717, 1.165) is 6.20 Å². The number of hydrogen-bond acceptors (Lipinski definition) is 8. The molecule has 1 atom stereocenters. The summed E-state index contributed by atoms with van der Waals surface area (Å²) in [6.45, 7) is 4.63. The highest BCUT2D eigenvalue weighted by molar-refractivity contribution is 7.91. The first-order chi connectivity index (χ1) is 16.8. The van der Waals surface area contributed by atoms with Gasteiger partial charge in [-0.15, -0.1) is 4.36 Å². The number of amides is 2. The summed E-state index contributed by atoms with van der Waals surface area (Å²) in [5.41, 5.74) is 0.0560. The van der Waals surface area contributed by atoms with Crippen molar-refractivity contribution in [2.24, 2.45) is 14.9 Å². The molecule has 1 aliphatic rings. The van der Waals surface area contributed by atoms with Gasteiger partial charge in [-0.25, -0.2) is 33.8 Å². The molecule has 192 valence electrons. The summed E-state index contributed by atoms with van der Waals surface area (Å²) in [6, 6.07) is 1.56. The number of anilines is 1. The van der Waals surface area contributed by atoms with Crippen LogP contribution in [0.2, 0.25) is 0 Å². The van der Waals surface area contributed by atoms with Crippen molar-refractivity contribution < 1.29 is 31.6 Å². The van der Waals surface area contributed by atoms with Crippen molar-refractivity contribution in [1.82, 2.24) is 24.7 Å². The number of aromatic nitrogens is 5. The molecule has 0 unspecified atom stereocenters. The first-order valence-electron chi connectivity index (χ1n) is 10.3. The van der Waals surface area contributed by atoms with Crippen LogP contribution in [0.15, 0.2) is 40.0 Å². The van der Waals surface area contributed by atoms with Gasteiger partial charge < -0.3 is 9.47 Å². The standard InChI is InChI=1S/C20H21F3N8O4S/c1-19(2)9-31-16(35-10-19)13(8-27-31)36(24,33)30-18(32)29-15-12(7-26-17(28-15)20(21,22)23)11-4-5-25-14(6-11)34-3/h4-8H,9-10H2,1-3H3,(H3,24,26,28,29,30,32,33)/t36-/m1/s1. The Hall–Kier alpha value is -3.79. The number of nitrogens with two attached hydrogens (primary N) is 1. The number of pyridine rings is 1. The van der Waals surface area contributed by atoms with E-state index >= 15 is 0 Å². The SMILES string of the molecule is COc1cc(-c2cnc(C(F)(F)F)nc2NC(=O)N=[S@@](N)(=O)c2cnn3c2OCC(C)(C)C3)ccn1. The normalized spacial score (nSPS) is 16.3. The molecule has 3 aromatic heterocycles. The molecule has 3 aromatic rings. The van der Waals surface area contributed by atoms with Gasteiger partial charge in [0.25, 0.3) is 0 Å². The number of nitrogens with zero attached hydrogens (tertiary/aromatic N) is 6. The van der Waals surface area contributed by atoms with Crippen LogP contribution in [-0.2, 0) is 22.6 Å². The van der Waals surface area contributed by atoms with E-state index in [-0.39, 0.29) is 34.2 Å². The molecule has 2 amide bonds. The Morgan fingerprint density at radius 2 is 2.08 bits per heavy atom. The molecule has 0 aliphatic carbocycles. The highest BCUT2D eigenvalue weighted by Gasteiger charge is 2.36. The molecule has 0 saturated heterocycles. The van der Waals surface area contributed by atoms with Crippen molar-refractivity contribution in [1.29, 1.82) is 0 Å². The van der Waals surface area contributed by atoms with Crippen molar-refractivity contribution in [3.63, 3.8) is 0 Å². The number of nitrogens with one attached hydrogen (secondary N) is 1. The predicted octanol–water partition coefficient (Wildman–Crippen LogP) is 3.11. The van der Waals surface area contributed by atoms with Crippen molar-refractivity contribution in [3.05, 3.63) is 36.5 Å². The Balaban J connectivity index is 1.71. The lowest BCUT2D eigenvalue weighted by Crippen LogP contribution is -2.33. The van der Waals surface area contributed by atoms with Crippen LogP contribution in [0.4, 0.5) is 23.8 Å². The Bertz CT molecular complexity index is 1450. The molecular formula is C20H21F3N8O4S. The number of alkyl halides is 3. The van der Waals surface area contributed by atoms with Crippen LogP contribution in [0.3, 0.4) is 0 Å². The zero-order valence-electron chi connectivity index (χ0n) is 19.2. The third-order valence-electron chi connectivity index (χ3n) is 4.99. The Kier molecular flexibility index (Phi) is 6.34. The molecule has 0 spiro atoms. The molecule has 4 rings (SSSR count). The number of halogens is 3. The van der Waals surface area contributed by atoms with Gasteiger partial charge in [0.1, 0.15) is 10.7 Å². The summed E-state index contributed by atoms with van der Waals surface area (Å²) < 4.78 is 68.5. The predicted molar refractivity (Wildman–Crippen MR) is 120 cm³/mol. The molecule has 0 saturated carbocycles. The summed E-state index contributed by atoms with van der Waals surface area (Å²) in [6.07, 6.45) is -1.49. The van der Waals surface area contributed by atoms with Crippen molar-refractivity contribution >= 4 is 21.8 Å². The number of carbonyl (C=O) groups excluding carboxylic acids is 1. The second-order valence-electron chi connectivity index (χ2n) is 8.56. The lowest BCUT2D eigenvalue weighted by atomic mass is 9.94. The number of methoxy groups -OCH3 is 1. The van der Waals surface area contributed by atoms with Crippen LogP contribution >= 0.6 is 0 Å². The maximum absolute atomic E-state index is 13.2. The molecule has 0 radical (unpaired) electrons. The zero-order chi connectivity index (χ0) is 26.3. The van der Waals surface area contributed by atoms with Gasteiger partial charge >= 0.3 is 12.2 Å². The van der Waals surface area contributed by atoms with Gasteiger partial charge in [-0.2, -0.15) is 18.3 Å². The van der Waals surface area contributed by atoms with Crippen molar-refractivity contribution in [3.8, 4) is 22.9 Å². The lowest BCUT2D eigenvalue weighted by Gasteiger charge is -2.30. The van der Waals surface area contributed by atoms with Crippen LogP contribution in [-0.4, -0.2) is 48.7 Å². The quantitative estimate of drug-likeness (QED) is 0.524. The summed E-state index contributed by atoms with van der Waals surface area (Å²) in [4.78, 5) is 23.3. The fourth-order valence-electron chi connectivity index (χ4n) is 3.34. The summed E-state index contributed by atoms with van der Waals surface area (Å²) in [5, 5.41) is 12.1. The molecule has 16 heteroatoms. The Morgan fingerprint density at radius 3 is 2.78 bits per heavy atom. The maximum Gasteiger partial charge on any atom is 0.451 e. The van der Waals surface area contributed by atoms with Gasteiger partial charge in [-0.3, -0.25) is 5.32 Å². The van der Waals surface area contributed by atoms with E-state index in [2.05, 4.69) is 29.7 Å². The van der Waals surface area contributed by atoms with Crippen LogP contribution in [0, 0.1) is 5.41 Å². The van der Waals surface area contributed by atoms with Crippen LogP contribution < -0.4 is 19.9 Å². The Labute approximate surface area is 203 Å². The van der Waals surface area contributed by atoms with Gasteiger partial charge in [-0.05, 0) is 11.6 Å². The first kappa shape index (κ1) is 25.3. The fraction of sp³-hybridized carbons (Fsp3) is 0.350. The number of hydrogen-bond donors (Lipinski definition) is 2. The Morgan fingerprint density at radius 1 is 1.33 bits per heavy atom. The first-order valence-corrected chi connectivity index (χ1v) is 11.9. The highest BCUT2D eigenvalue weighted by Crippen LogP contribution is 2.34. The van der Waals surface area contributed by atoms with E-state index in [1.54, 1.807) is 0 Å². The van der Waals surface area contributed by atoms with E-state index in [9.17, 15) is 22.2 Å². The number of ether oxygens (including phenoxy) is 2. The van der Waals surface area contributed by atoms with E-state index < -0.39 is 33.8 Å². The minimum absolute atomic E-state index is 0.00393. The topological polar surface area (TPSA) is 160 Å². The molecule has 3 N–H and O–H groups in total. The molecule has 1 aliphatic heterocycles. The minimum Gasteiger partial charge on any atom is -0.481 e. The fourth-order valence-corrected chi connectivity index (χ4v) is 4.34. The number of rotatable bonds is 4. The molecule has 4 heterocycles. The third-order valence-corrected chi connectivity index (χ3v) is 6.34. The van der Waals surface area contributed by atoms with Crippen LogP contribution in [0.1, 0.15) is 19.7 Å². The third kappa shape index (κ3) is 5.23. The summed E-state index contributed by atoms with van der Waals surface area (Å²) in [7, 11) is -2.53. The number of urea groups is 1. The molecular weight excluding hydrogens is 505 g/mol. The molecule has 12 nitrogen and oxygen atoms in total. The molecule has 0 bridgehead atoms. The van der Waals surface area contributed by atoms with Crippen LogP contribution in [0.5, 0.6) is 11.8 Å². The summed E-state index contributed by atoms with van der Waals surface area (Å²) >= 11 is 0. The maximum atomic E-state index is 13.2. The monoisotopic (exact) mass is 526 g/mol.